The molecule has 0 amide bonds. The molecule has 0 radical (unpaired) electrons. The Labute approximate surface area is 67.9 Å². The van der Waals surface area contributed by atoms with Gasteiger partial charge in [-0.25, -0.2) is 0 Å². The summed E-state index contributed by atoms with van der Waals surface area (Å²) in [6, 6.07) is 0. The van der Waals surface area contributed by atoms with E-state index in [9.17, 15) is 0 Å². The molecule has 11 heavy (non-hydrogen) atoms. The van der Waals surface area contributed by atoms with E-state index in [0.717, 1.165) is 12.0 Å². The molecule has 0 saturated heterocycles. The first-order valence-corrected chi connectivity index (χ1v) is 3.76. The molecule has 1 heterocycles. The van der Waals surface area contributed by atoms with Gasteiger partial charge in [0.25, 0.3) is 0 Å². The van der Waals surface area contributed by atoms with E-state index in [0.29, 0.717) is 6.17 Å². The Hall–Kier alpha value is -0.890. The van der Waals surface area contributed by atoms with Gasteiger partial charge in [-0.2, -0.15) is 0 Å². The fraction of sp³-hybridized carbons (Fsp3) is 0.444. The Morgan fingerprint density at radius 2 is 2.45 bits per heavy atom. The Bertz CT molecular complexity index is 202. The Morgan fingerprint density at radius 1 is 1.73 bits per heavy atom. The zero-order chi connectivity index (χ0) is 8.27. The maximum Gasteiger partial charge on any atom is 0.105 e. The lowest BCUT2D eigenvalue weighted by molar-refractivity contribution is 0.304. The van der Waals surface area contributed by atoms with Crippen LogP contribution < -0.4 is 0 Å². The Kier molecular flexibility index (Phi) is 2.60. The third-order valence-corrected chi connectivity index (χ3v) is 1.79. The monoisotopic (exact) mass is 150 g/mol. The second-order valence-electron chi connectivity index (χ2n) is 2.87. The van der Waals surface area contributed by atoms with Crippen molar-refractivity contribution in [1.82, 2.24) is 4.90 Å². The number of aliphatic imine (C=N–C) groups is 1. The highest BCUT2D eigenvalue weighted by Gasteiger charge is 2.09. The van der Waals surface area contributed by atoms with Gasteiger partial charge < -0.3 is 0 Å². The van der Waals surface area contributed by atoms with Crippen molar-refractivity contribution in [3.63, 3.8) is 0 Å². The van der Waals surface area contributed by atoms with Crippen molar-refractivity contribution < 1.29 is 0 Å². The van der Waals surface area contributed by atoms with Crippen molar-refractivity contribution in [2.75, 3.05) is 14.1 Å². The fourth-order valence-corrected chi connectivity index (χ4v) is 1.01. The molecule has 0 aromatic carbocycles. The van der Waals surface area contributed by atoms with Gasteiger partial charge in [0.2, 0.25) is 0 Å². The fourth-order valence-electron chi connectivity index (χ4n) is 1.01. The van der Waals surface area contributed by atoms with Crippen LogP contribution in [0.5, 0.6) is 0 Å². The summed E-state index contributed by atoms with van der Waals surface area (Å²) in [6.07, 6.45) is 7.17. The third kappa shape index (κ3) is 2.02. The number of hydrogen-bond acceptors (Lipinski definition) is 2. The molecule has 1 atom stereocenters. The minimum Gasteiger partial charge on any atom is -0.288 e. The molecule has 1 aliphatic heterocycles. The van der Waals surface area contributed by atoms with Gasteiger partial charge in [0.15, 0.2) is 0 Å². The molecule has 60 valence electrons. The summed E-state index contributed by atoms with van der Waals surface area (Å²) in [5.74, 6) is 0. The first kappa shape index (κ1) is 8.21. The van der Waals surface area contributed by atoms with E-state index >= 15 is 0 Å². The lowest BCUT2D eigenvalue weighted by Gasteiger charge is -2.21. The zero-order valence-corrected chi connectivity index (χ0v) is 7.12. The highest BCUT2D eigenvalue weighted by molar-refractivity contribution is 5.82. The average Bonchev–Trinajstić information content (AvgIpc) is 2.05. The molecule has 0 spiro atoms. The van der Waals surface area contributed by atoms with E-state index in [-0.39, 0.29) is 0 Å². The van der Waals surface area contributed by atoms with Gasteiger partial charge in [-0.1, -0.05) is 18.7 Å². The van der Waals surface area contributed by atoms with Crippen molar-refractivity contribution in [3.8, 4) is 0 Å². The SMILES string of the molecule is C=CC1=CCC(N(C)C)N=C1. The quantitative estimate of drug-likeness (QED) is 0.582. The molecule has 1 rings (SSSR count). The summed E-state index contributed by atoms with van der Waals surface area (Å²) < 4.78 is 0. The van der Waals surface area contributed by atoms with Gasteiger partial charge in [-0.3, -0.25) is 9.89 Å². The van der Waals surface area contributed by atoms with Crippen molar-refractivity contribution >= 4 is 6.21 Å². The van der Waals surface area contributed by atoms with Crippen LogP contribution in [0.25, 0.3) is 0 Å². The van der Waals surface area contributed by atoms with E-state index in [2.05, 4.69) is 22.5 Å². The van der Waals surface area contributed by atoms with Crippen LogP contribution in [0.3, 0.4) is 0 Å². The molecule has 0 aromatic heterocycles. The molecule has 1 unspecified atom stereocenters. The van der Waals surface area contributed by atoms with E-state index in [1.165, 1.54) is 0 Å². The topological polar surface area (TPSA) is 15.6 Å². The minimum absolute atomic E-state index is 0.318. The van der Waals surface area contributed by atoms with Crippen molar-refractivity contribution in [3.05, 3.63) is 24.3 Å². The molecular weight excluding hydrogens is 136 g/mol. The predicted octanol–water partition coefficient (Wildman–Crippen LogP) is 1.46. The minimum atomic E-state index is 0.318. The van der Waals surface area contributed by atoms with Crippen LogP contribution in [0.1, 0.15) is 6.42 Å². The van der Waals surface area contributed by atoms with Gasteiger partial charge in [0.05, 0.1) is 0 Å². The van der Waals surface area contributed by atoms with E-state index < -0.39 is 0 Å². The Balaban J connectivity index is 2.57. The normalized spacial score (nSPS) is 23.5. The van der Waals surface area contributed by atoms with Crippen molar-refractivity contribution in [2.45, 2.75) is 12.6 Å². The van der Waals surface area contributed by atoms with Gasteiger partial charge in [0.1, 0.15) is 6.17 Å². The lowest BCUT2D eigenvalue weighted by atomic mass is 10.1. The number of hydrogen-bond donors (Lipinski definition) is 0. The molecule has 1 aliphatic rings. The molecule has 0 aliphatic carbocycles. The number of rotatable bonds is 2. The third-order valence-electron chi connectivity index (χ3n) is 1.79. The van der Waals surface area contributed by atoms with Gasteiger partial charge in [0, 0.05) is 12.6 Å². The van der Waals surface area contributed by atoms with Crippen LogP contribution in [-0.4, -0.2) is 31.4 Å². The van der Waals surface area contributed by atoms with Gasteiger partial charge in [-0.15, -0.1) is 0 Å². The number of allylic oxidation sites excluding steroid dienone is 2. The maximum absolute atomic E-state index is 4.34. The summed E-state index contributed by atoms with van der Waals surface area (Å²) in [5.41, 5.74) is 1.13. The van der Waals surface area contributed by atoms with E-state index in [1.54, 1.807) is 0 Å². The number of dihydropyridines is 1. The van der Waals surface area contributed by atoms with Crippen LogP contribution in [0.15, 0.2) is 29.3 Å². The summed E-state index contributed by atoms with van der Waals surface area (Å²) >= 11 is 0. The molecule has 2 heteroatoms. The van der Waals surface area contributed by atoms with Crippen molar-refractivity contribution in [2.24, 2.45) is 4.99 Å². The molecule has 0 aromatic rings. The first-order valence-electron chi connectivity index (χ1n) is 3.76. The lowest BCUT2D eigenvalue weighted by Crippen LogP contribution is -2.26. The second-order valence-corrected chi connectivity index (χ2v) is 2.87. The van der Waals surface area contributed by atoms with Gasteiger partial charge >= 0.3 is 0 Å². The molecule has 0 bridgehead atoms. The van der Waals surface area contributed by atoms with Gasteiger partial charge in [-0.05, 0) is 19.7 Å². The molecule has 0 fully saturated rings. The highest BCUT2D eigenvalue weighted by atomic mass is 15.2. The predicted molar refractivity (Wildman–Crippen MR) is 48.9 cm³/mol. The highest BCUT2D eigenvalue weighted by Crippen LogP contribution is 2.10. The van der Waals surface area contributed by atoms with Crippen molar-refractivity contribution in [1.29, 1.82) is 0 Å². The molecule has 0 N–H and O–H groups in total. The second kappa shape index (κ2) is 3.49. The molecule has 2 nitrogen and oxygen atoms in total. The molecular formula is C9H14N2. The maximum atomic E-state index is 4.34. The van der Waals surface area contributed by atoms with Crippen LogP contribution >= 0.6 is 0 Å². The molecule has 0 saturated carbocycles. The standard InChI is InChI=1S/C9H14N2/c1-4-8-5-6-9(10-7-8)11(2)3/h4-5,7,9H,1,6H2,2-3H3. The first-order chi connectivity index (χ1) is 5.24. The summed E-state index contributed by atoms with van der Waals surface area (Å²) in [4.78, 5) is 6.45. The van der Waals surface area contributed by atoms with Crippen LogP contribution in [0, 0.1) is 0 Å². The number of nitrogens with zero attached hydrogens (tertiary/aromatic N) is 2. The van der Waals surface area contributed by atoms with Crippen LogP contribution in [-0.2, 0) is 0 Å². The Morgan fingerprint density at radius 3 is 2.82 bits per heavy atom. The summed E-state index contributed by atoms with van der Waals surface area (Å²) in [7, 11) is 4.07. The summed E-state index contributed by atoms with van der Waals surface area (Å²) in [5, 5.41) is 0. The summed E-state index contributed by atoms with van der Waals surface area (Å²) in [6.45, 7) is 3.68. The smallest absolute Gasteiger partial charge is 0.105 e. The van der Waals surface area contributed by atoms with E-state index in [4.69, 9.17) is 0 Å². The zero-order valence-electron chi connectivity index (χ0n) is 7.12. The van der Waals surface area contributed by atoms with Crippen LogP contribution in [0.2, 0.25) is 0 Å². The largest absolute Gasteiger partial charge is 0.288 e. The van der Waals surface area contributed by atoms with Crippen LogP contribution in [0.4, 0.5) is 0 Å². The van der Waals surface area contributed by atoms with E-state index in [1.807, 2.05) is 26.4 Å². The average molecular weight is 150 g/mol.